The monoisotopic (exact) mass is 230 g/mol. The van der Waals surface area contributed by atoms with Crippen molar-refractivity contribution in [3.63, 3.8) is 0 Å². The fraction of sp³-hybridized carbons (Fsp3) is 0.636. The molecule has 0 aliphatic rings. The van der Waals surface area contributed by atoms with Crippen LogP contribution in [0.25, 0.3) is 0 Å². The van der Waals surface area contributed by atoms with E-state index in [1.54, 1.807) is 6.08 Å². The van der Waals surface area contributed by atoms with E-state index in [0.29, 0.717) is 12.2 Å². The minimum atomic E-state index is -1.01. The third-order valence-corrected chi connectivity index (χ3v) is 2.83. The maximum absolute atomic E-state index is 11.6. The van der Waals surface area contributed by atoms with Gasteiger partial charge >= 0.3 is 5.97 Å². The highest BCUT2D eigenvalue weighted by Crippen LogP contribution is 2.15. The molecule has 0 aromatic carbocycles. The van der Waals surface area contributed by atoms with Crippen molar-refractivity contribution < 1.29 is 14.7 Å². The Balaban J connectivity index is 4.17. The molecule has 0 aromatic heterocycles. The van der Waals surface area contributed by atoms with Gasteiger partial charge in [0.25, 0.3) is 0 Å². The van der Waals surface area contributed by atoms with Crippen molar-refractivity contribution in [2.24, 2.45) is 11.8 Å². The summed E-state index contributed by atoms with van der Waals surface area (Å²) in [6, 6.07) is 0. The van der Waals surface area contributed by atoms with Crippen molar-refractivity contribution >= 4 is 23.5 Å². The molecule has 1 unspecified atom stereocenters. The van der Waals surface area contributed by atoms with Gasteiger partial charge in [-0.3, -0.25) is 9.59 Å². The molecule has 15 heavy (non-hydrogen) atoms. The molecule has 0 rings (SSSR count). The molecule has 0 aliphatic heterocycles. The second-order valence-corrected chi connectivity index (χ2v) is 4.82. The van der Waals surface area contributed by atoms with E-state index in [9.17, 15) is 9.59 Å². The zero-order chi connectivity index (χ0) is 11.8. The van der Waals surface area contributed by atoms with Gasteiger partial charge in [0.05, 0.1) is 5.75 Å². The maximum atomic E-state index is 11.6. The van der Waals surface area contributed by atoms with E-state index < -0.39 is 11.9 Å². The normalized spacial score (nSPS) is 12.5. The Bertz CT molecular complexity index is 236. The minimum Gasteiger partial charge on any atom is -0.481 e. The van der Waals surface area contributed by atoms with Crippen molar-refractivity contribution in [1.29, 1.82) is 0 Å². The van der Waals surface area contributed by atoms with Crippen molar-refractivity contribution in [1.82, 2.24) is 0 Å². The van der Waals surface area contributed by atoms with Crippen LogP contribution in [0, 0.1) is 11.8 Å². The Hall–Kier alpha value is -0.770. The molecule has 0 fully saturated rings. The summed E-state index contributed by atoms with van der Waals surface area (Å²) in [6.45, 7) is 7.37. The first-order chi connectivity index (χ1) is 6.99. The van der Waals surface area contributed by atoms with Gasteiger partial charge in [-0.15, -0.1) is 18.3 Å². The van der Waals surface area contributed by atoms with E-state index in [4.69, 9.17) is 5.11 Å². The molecule has 1 N–H and O–H groups in total. The smallest absolute Gasteiger partial charge is 0.314 e. The lowest BCUT2D eigenvalue weighted by Gasteiger charge is -2.12. The van der Waals surface area contributed by atoms with Crippen molar-refractivity contribution in [3.05, 3.63) is 12.7 Å². The molecular formula is C11H18O3S. The average Bonchev–Trinajstić information content (AvgIpc) is 2.13. The third kappa shape index (κ3) is 6.33. The fourth-order valence-electron chi connectivity index (χ4n) is 1.18. The maximum Gasteiger partial charge on any atom is 0.314 e. The van der Waals surface area contributed by atoms with Crippen LogP contribution in [0.4, 0.5) is 0 Å². The molecule has 0 saturated carbocycles. The van der Waals surface area contributed by atoms with E-state index in [1.807, 2.05) is 13.8 Å². The van der Waals surface area contributed by atoms with Crippen LogP contribution in [0.1, 0.15) is 20.3 Å². The lowest BCUT2D eigenvalue weighted by Crippen LogP contribution is -2.26. The molecule has 4 heteroatoms. The second-order valence-electron chi connectivity index (χ2n) is 3.79. The number of carboxylic acids is 1. The van der Waals surface area contributed by atoms with Crippen molar-refractivity contribution in [3.8, 4) is 0 Å². The Kier molecular flexibility index (Phi) is 7.13. The van der Waals surface area contributed by atoms with Crippen LogP contribution in [0.5, 0.6) is 0 Å². The molecule has 0 bridgehead atoms. The van der Waals surface area contributed by atoms with Gasteiger partial charge in [-0.05, 0) is 12.3 Å². The van der Waals surface area contributed by atoms with Gasteiger partial charge in [0.2, 0.25) is 0 Å². The standard InChI is InChI=1S/C11H18O3S/c1-4-5-15-7-10(12)9(11(13)14)6-8(2)3/h4,8-9H,1,5-7H2,2-3H3,(H,13,14). The molecule has 1 atom stereocenters. The Morgan fingerprint density at radius 3 is 2.47 bits per heavy atom. The van der Waals surface area contributed by atoms with Crippen molar-refractivity contribution in [2.45, 2.75) is 20.3 Å². The first-order valence-corrected chi connectivity index (χ1v) is 6.08. The summed E-state index contributed by atoms with van der Waals surface area (Å²) < 4.78 is 0. The molecule has 0 radical (unpaired) electrons. The number of carboxylic acid groups (broad SMARTS) is 1. The van der Waals surface area contributed by atoms with Gasteiger partial charge in [-0.2, -0.15) is 0 Å². The first kappa shape index (κ1) is 14.2. The summed E-state index contributed by atoms with van der Waals surface area (Å²) in [4.78, 5) is 22.4. The largest absolute Gasteiger partial charge is 0.481 e. The SMILES string of the molecule is C=CCSCC(=O)C(CC(C)C)C(=O)O. The summed E-state index contributed by atoms with van der Waals surface area (Å²) in [6.07, 6.45) is 2.12. The fourth-order valence-corrected chi connectivity index (χ4v) is 1.87. The van der Waals surface area contributed by atoms with E-state index in [-0.39, 0.29) is 17.5 Å². The topological polar surface area (TPSA) is 54.4 Å². The molecule has 86 valence electrons. The number of Topliss-reactive ketones (excluding diaryl/α,β-unsaturated/α-hetero) is 1. The predicted octanol–water partition coefficient (Wildman–Crippen LogP) is 2.22. The van der Waals surface area contributed by atoms with Crippen molar-refractivity contribution in [2.75, 3.05) is 11.5 Å². The summed E-state index contributed by atoms with van der Waals surface area (Å²) in [7, 11) is 0. The molecule has 0 amide bonds. The zero-order valence-electron chi connectivity index (χ0n) is 9.23. The molecule has 0 saturated heterocycles. The highest BCUT2D eigenvalue weighted by molar-refractivity contribution is 8.00. The van der Waals surface area contributed by atoms with E-state index in [1.165, 1.54) is 11.8 Å². The van der Waals surface area contributed by atoms with Gasteiger partial charge in [0.1, 0.15) is 5.92 Å². The third-order valence-electron chi connectivity index (χ3n) is 1.87. The number of carbonyl (C=O) groups excluding carboxylic acids is 1. The van der Waals surface area contributed by atoms with Crippen LogP contribution < -0.4 is 0 Å². The lowest BCUT2D eigenvalue weighted by atomic mass is 9.94. The molecule has 0 spiro atoms. The molecular weight excluding hydrogens is 212 g/mol. The summed E-state index contributed by atoms with van der Waals surface area (Å²) in [5.41, 5.74) is 0. The van der Waals surface area contributed by atoms with Crippen LogP contribution >= 0.6 is 11.8 Å². The summed E-state index contributed by atoms with van der Waals surface area (Å²) in [5, 5.41) is 8.90. The Morgan fingerprint density at radius 1 is 1.47 bits per heavy atom. The van der Waals surface area contributed by atoms with Crippen LogP contribution in [-0.4, -0.2) is 28.4 Å². The first-order valence-electron chi connectivity index (χ1n) is 4.93. The highest BCUT2D eigenvalue weighted by Gasteiger charge is 2.26. The van der Waals surface area contributed by atoms with E-state index >= 15 is 0 Å². The number of ketones is 1. The van der Waals surface area contributed by atoms with Gasteiger partial charge in [0, 0.05) is 5.75 Å². The number of hydrogen-bond donors (Lipinski definition) is 1. The number of aliphatic carboxylic acids is 1. The zero-order valence-corrected chi connectivity index (χ0v) is 10.0. The van der Waals surface area contributed by atoms with Gasteiger partial charge < -0.3 is 5.11 Å². The predicted molar refractivity (Wildman–Crippen MR) is 63.1 cm³/mol. The van der Waals surface area contributed by atoms with Gasteiger partial charge in [-0.1, -0.05) is 19.9 Å². The van der Waals surface area contributed by atoms with Crippen LogP contribution in [0.3, 0.4) is 0 Å². The lowest BCUT2D eigenvalue weighted by molar-refractivity contribution is -0.146. The number of thioether (sulfide) groups is 1. The summed E-state index contributed by atoms with van der Waals surface area (Å²) in [5.74, 6) is -0.882. The van der Waals surface area contributed by atoms with E-state index in [0.717, 1.165) is 0 Å². The quantitative estimate of drug-likeness (QED) is 0.394. The van der Waals surface area contributed by atoms with Gasteiger partial charge in [0.15, 0.2) is 5.78 Å². The Morgan fingerprint density at radius 2 is 2.07 bits per heavy atom. The van der Waals surface area contributed by atoms with E-state index in [2.05, 4.69) is 6.58 Å². The number of carbonyl (C=O) groups is 2. The Labute approximate surface area is 94.9 Å². The number of hydrogen-bond acceptors (Lipinski definition) is 3. The van der Waals surface area contributed by atoms with Crippen LogP contribution in [0.15, 0.2) is 12.7 Å². The molecule has 0 aromatic rings. The molecule has 3 nitrogen and oxygen atoms in total. The highest BCUT2D eigenvalue weighted by atomic mass is 32.2. The number of rotatable bonds is 8. The second kappa shape index (κ2) is 7.51. The average molecular weight is 230 g/mol. The molecule has 0 aliphatic carbocycles. The molecule has 0 heterocycles. The summed E-state index contributed by atoms with van der Waals surface area (Å²) >= 11 is 1.40. The van der Waals surface area contributed by atoms with Crippen LogP contribution in [-0.2, 0) is 9.59 Å². The minimum absolute atomic E-state index is 0.192. The van der Waals surface area contributed by atoms with Crippen LogP contribution in [0.2, 0.25) is 0 Å². The van der Waals surface area contributed by atoms with Gasteiger partial charge in [-0.25, -0.2) is 0 Å².